The molecule has 0 fully saturated rings. The Morgan fingerprint density at radius 2 is 2.06 bits per heavy atom. The number of amides is 1. The maximum atomic E-state index is 12.1. The number of hydrogen-bond acceptors (Lipinski definition) is 4. The fraction of sp³-hybridized carbons (Fsp3) is 0.440. The van der Waals surface area contributed by atoms with E-state index in [0.29, 0.717) is 22.7 Å². The van der Waals surface area contributed by atoms with E-state index >= 15 is 0 Å². The lowest BCUT2D eigenvalue weighted by Crippen LogP contribution is -2.51. The van der Waals surface area contributed by atoms with Crippen LogP contribution >= 0.6 is 11.6 Å². The highest BCUT2D eigenvalue weighted by atomic mass is 35.5. The molecule has 0 bridgehead atoms. The van der Waals surface area contributed by atoms with Gasteiger partial charge < -0.3 is 9.64 Å². The Hall–Kier alpha value is -2.53. The number of hydrazone groups is 1. The molecular formula is C25H32ClN3O2. The molecule has 1 aliphatic heterocycles. The molecular weight excluding hydrogens is 410 g/mol. The molecule has 3 rings (SSSR count). The summed E-state index contributed by atoms with van der Waals surface area (Å²) in [6.45, 7) is 13.3. The van der Waals surface area contributed by atoms with E-state index in [1.165, 1.54) is 11.3 Å². The monoisotopic (exact) mass is 441 g/mol. The molecule has 1 N–H and O–H groups in total. The van der Waals surface area contributed by atoms with Gasteiger partial charge in [-0.3, -0.25) is 4.79 Å². The molecule has 0 aliphatic carbocycles. The number of carbonyl (C=O) groups is 1. The van der Waals surface area contributed by atoms with E-state index in [9.17, 15) is 4.79 Å². The van der Waals surface area contributed by atoms with Gasteiger partial charge in [0.05, 0.1) is 11.2 Å². The second-order valence-corrected chi connectivity index (χ2v) is 9.57. The van der Waals surface area contributed by atoms with E-state index in [2.05, 4.69) is 69.1 Å². The Labute approximate surface area is 190 Å². The summed E-state index contributed by atoms with van der Waals surface area (Å²) >= 11 is 6.04. The summed E-state index contributed by atoms with van der Waals surface area (Å²) in [6.07, 6.45) is 2.79. The van der Waals surface area contributed by atoms with Gasteiger partial charge in [0.15, 0.2) is 6.61 Å². The highest BCUT2D eigenvalue weighted by molar-refractivity contribution is 6.32. The van der Waals surface area contributed by atoms with Gasteiger partial charge in [-0.15, -0.1) is 0 Å². The number of para-hydroxylation sites is 1. The van der Waals surface area contributed by atoms with Crippen LogP contribution in [0.15, 0.2) is 41.5 Å². The van der Waals surface area contributed by atoms with Gasteiger partial charge in [0.25, 0.3) is 5.91 Å². The minimum Gasteiger partial charge on any atom is -0.482 e. The second-order valence-electron chi connectivity index (χ2n) is 9.16. The number of aryl methyl sites for hydroxylation is 1. The average molecular weight is 442 g/mol. The van der Waals surface area contributed by atoms with Gasteiger partial charge in [-0.05, 0) is 87.9 Å². The molecule has 0 saturated carbocycles. The lowest BCUT2D eigenvalue weighted by atomic mass is 9.78. The molecule has 1 amide bonds. The van der Waals surface area contributed by atoms with E-state index in [4.69, 9.17) is 16.3 Å². The van der Waals surface area contributed by atoms with Gasteiger partial charge in [-0.1, -0.05) is 30.7 Å². The van der Waals surface area contributed by atoms with Gasteiger partial charge in [-0.2, -0.15) is 5.10 Å². The van der Waals surface area contributed by atoms with E-state index in [1.807, 2.05) is 6.07 Å². The maximum absolute atomic E-state index is 12.1. The van der Waals surface area contributed by atoms with Crippen LogP contribution < -0.4 is 15.1 Å². The number of benzene rings is 2. The van der Waals surface area contributed by atoms with Crippen molar-refractivity contribution in [1.29, 1.82) is 0 Å². The Morgan fingerprint density at radius 1 is 1.35 bits per heavy atom. The molecule has 6 heteroatoms. The molecule has 0 spiro atoms. The molecule has 0 aromatic heterocycles. The standard InChI is InChI=1S/C25H32ClN3O2/c1-16(2)29-22-11-17(3)19(12-20(22)18(4)13-25(29,5)6)14-27-28-24(30)15-31-23-10-8-7-9-21(23)26/h7-12,14,16,18H,13,15H2,1-6H3,(H,28,30)/b27-14+/t18-/m0/s1. The second kappa shape index (κ2) is 9.31. The van der Waals surface area contributed by atoms with Crippen LogP contribution in [0, 0.1) is 6.92 Å². The van der Waals surface area contributed by atoms with Crippen molar-refractivity contribution in [2.45, 2.75) is 65.5 Å². The zero-order valence-corrected chi connectivity index (χ0v) is 20.0. The molecule has 166 valence electrons. The summed E-state index contributed by atoms with van der Waals surface area (Å²) in [6, 6.07) is 11.9. The van der Waals surface area contributed by atoms with Crippen LogP contribution in [0.2, 0.25) is 5.02 Å². The van der Waals surface area contributed by atoms with Crippen LogP contribution in [0.4, 0.5) is 5.69 Å². The summed E-state index contributed by atoms with van der Waals surface area (Å²) in [5.41, 5.74) is 7.39. The Morgan fingerprint density at radius 3 is 2.74 bits per heavy atom. The number of nitrogens with zero attached hydrogens (tertiary/aromatic N) is 2. The zero-order chi connectivity index (χ0) is 22.8. The maximum Gasteiger partial charge on any atom is 0.277 e. The SMILES string of the molecule is Cc1cc2c(cc1/C=N/NC(=O)COc1ccccc1Cl)[C@@H](C)CC(C)(C)N2C(C)C. The topological polar surface area (TPSA) is 53.9 Å². The van der Waals surface area contributed by atoms with Crippen molar-refractivity contribution >= 4 is 29.4 Å². The first-order valence-electron chi connectivity index (χ1n) is 10.7. The van der Waals surface area contributed by atoms with Crippen molar-refractivity contribution < 1.29 is 9.53 Å². The minimum absolute atomic E-state index is 0.109. The van der Waals surface area contributed by atoms with Crippen molar-refractivity contribution in [2.24, 2.45) is 5.10 Å². The Balaban J connectivity index is 1.71. The fourth-order valence-corrected chi connectivity index (χ4v) is 4.83. The molecule has 0 unspecified atom stereocenters. The number of rotatable bonds is 6. The third kappa shape index (κ3) is 5.21. The fourth-order valence-electron chi connectivity index (χ4n) is 4.64. The van der Waals surface area contributed by atoms with Gasteiger partial charge in [-0.25, -0.2) is 5.43 Å². The predicted octanol–water partition coefficient (Wildman–Crippen LogP) is 5.68. The summed E-state index contributed by atoms with van der Waals surface area (Å²) in [7, 11) is 0. The van der Waals surface area contributed by atoms with Crippen molar-refractivity contribution in [2.75, 3.05) is 11.5 Å². The van der Waals surface area contributed by atoms with E-state index in [1.54, 1.807) is 24.4 Å². The summed E-state index contributed by atoms with van der Waals surface area (Å²) in [5.74, 6) is 0.583. The van der Waals surface area contributed by atoms with E-state index in [0.717, 1.165) is 17.5 Å². The number of ether oxygens (including phenoxy) is 1. The smallest absolute Gasteiger partial charge is 0.277 e. The average Bonchev–Trinajstić information content (AvgIpc) is 2.67. The largest absolute Gasteiger partial charge is 0.482 e. The number of fused-ring (bicyclic) bond motifs is 1. The number of nitrogens with one attached hydrogen (secondary N) is 1. The van der Waals surface area contributed by atoms with Crippen LogP contribution in [0.5, 0.6) is 5.75 Å². The van der Waals surface area contributed by atoms with Gasteiger partial charge in [0, 0.05) is 17.3 Å². The lowest BCUT2D eigenvalue weighted by Gasteiger charge is -2.50. The molecule has 1 heterocycles. The molecule has 0 saturated heterocycles. The Bertz CT molecular complexity index is 985. The van der Waals surface area contributed by atoms with Crippen LogP contribution in [0.25, 0.3) is 0 Å². The van der Waals surface area contributed by atoms with Gasteiger partial charge >= 0.3 is 0 Å². The summed E-state index contributed by atoms with van der Waals surface area (Å²) < 4.78 is 5.44. The van der Waals surface area contributed by atoms with Crippen LogP contribution in [0.1, 0.15) is 63.6 Å². The van der Waals surface area contributed by atoms with E-state index in [-0.39, 0.29) is 18.1 Å². The Kier molecular flexibility index (Phi) is 6.95. The van der Waals surface area contributed by atoms with Crippen molar-refractivity contribution in [3.8, 4) is 5.75 Å². The third-order valence-electron chi connectivity index (χ3n) is 5.77. The van der Waals surface area contributed by atoms with Gasteiger partial charge in [0.2, 0.25) is 0 Å². The van der Waals surface area contributed by atoms with Gasteiger partial charge in [0.1, 0.15) is 5.75 Å². The molecule has 31 heavy (non-hydrogen) atoms. The van der Waals surface area contributed by atoms with Crippen molar-refractivity contribution in [3.05, 3.63) is 58.1 Å². The van der Waals surface area contributed by atoms with Crippen molar-refractivity contribution in [3.63, 3.8) is 0 Å². The quantitative estimate of drug-likeness (QED) is 0.463. The molecule has 1 atom stereocenters. The number of halogens is 1. The first kappa shape index (κ1) is 23.1. The molecule has 2 aromatic rings. The van der Waals surface area contributed by atoms with E-state index < -0.39 is 0 Å². The summed E-state index contributed by atoms with van der Waals surface area (Å²) in [5, 5.41) is 4.61. The number of carbonyl (C=O) groups excluding carboxylic acids is 1. The first-order chi connectivity index (χ1) is 14.6. The highest BCUT2D eigenvalue weighted by Gasteiger charge is 2.37. The predicted molar refractivity (Wildman–Crippen MR) is 129 cm³/mol. The molecule has 5 nitrogen and oxygen atoms in total. The minimum atomic E-state index is -0.340. The van der Waals surface area contributed by atoms with Crippen LogP contribution in [-0.4, -0.2) is 30.3 Å². The molecule has 1 aliphatic rings. The van der Waals surface area contributed by atoms with Crippen LogP contribution in [-0.2, 0) is 4.79 Å². The van der Waals surface area contributed by atoms with Crippen molar-refractivity contribution in [1.82, 2.24) is 5.43 Å². The lowest BCUT2D eigenvalue weighted by molar-refractivity contribution is -0.123. The zero-order valence-electron chi connectivity index (χ0n) is 19.2. The molecule has 0 radical (unpaired) electrons. The first-order valence-corrected chi connectivity index (χ1v) is 11.1. The molecule has 2 aromatic carbocycles. The number of anilines is 1. The third-order valence-corrected chi connectivity index (χ3v) is 6.08. The highest BCUT2D eigenvalue weighted by Crippen LogP contribution is 2.45. The van der Waals surface area contributed by atoms with Crippen LogP contribution in [0.3, 0.4) is 0 Å². The number of hydrogen-bond donors (Lipinski definition) is 1. The normalized spacial score (nSPS) is 17.7. The summed E-state index contributed by atoms with van der Waals surface area (Å²) in [4.78, 5) is 14.6.